The van der Waals surface area contributed by atoms with Crippen LogP contribution < -0.4 is 16.6 Å². The van der Waals surface area contributed by atoms with Crippen LogP contribution >= 0.6 is 11.6 Å². The number of rotatable bonds is 5. The number of benzene rings is 1. The average Bonchev–Trinajstić information content (AvgIpc) is 2.43. The summed E-state index contributed by atoms with van der Waals surface area (Å²) in [6.45, 7) is 2.73. The fourth-order valence-electron chi connectivity index (χ4n) is 1.67. The zero-order chi connectivity index (χ0) is 13.7. The molecule has 0 aliphatic carbocycles. The second-order valence-electron chi connectivity index (χ2n) is 4.17. The maximum absolute atomic E-state index is 5.84. The Labute approximate surface area is 117 Å². The van der Waals surface area contributed by atoms with Crippen LogP contribution in [0, 0.1) is 6.92 Å². The van der Waals surface area contributed by atoms with Crippen molar-refractivity contribution in [3.8, 4) is 0 Å². The highest BCUT2D eigenvalue weighted by Crippen LogP contribution is 2.13. The Kier molecular flexibility index (Phi) is 4.54. The number of nitrogens with zero attached hydrogens (tertiary/aromatic N) is 2. The molecule has 0 amide bonds. The molecule has 100 valence electrons. The van der Waals surface area contributed by atoms with Crippen LogP contribution in [0.2, 0.25) is 5.02 Å². The summed E-state index contributed by atoms with van der Waals surface area (Å²) in [6.07, 6.45) is 2.62. The minimum absolute atomic E-state index is 0.402. The molecule has 0 radical (unpaired) electrons. The van der Waals surface area contributed by atoms with Gasteiger partial charge in [0, 0.05) is 23.3 Å². The SMILES string of the molecule is Cc1cnc(NN)nc1NCCc1ccc(Cl)cc1. The molecule has 2 rings (SSSR count). The molecule has 0 aliphatic rings. The van der Waals surface area contributed by atoms with Gasteiger partial charge in [-0.2, -0.15) is 4.98 Å². The first-order valence-corrected chi connectivity index (χ1v) is 6.35. The van der Waals surface area contributed by atoms with E-state index in [4.69, 9.17) is 17.4 Å². The number of hydrogen-bond acceptors (Lipinski definition) is 5. The fraction of sp³-hybridized carbons (Fsp3) is 0.231. The van der Waals surface area contributed by atoms with Gasteiger partial charge in [0.05, 0.1) is 0 Å². The zero-order valence-corrected chi connectivity index (χ0v) is 11.4. The van der Waals surface area contributed by atoms with Crippen LogP contribution in [0.25, 0.3) is 0 Å². The van der Waals surface area contributed by atoms with E-state index in [9.17, 15) is 0 Å². The first-order valence-electron chi connectivity index (χ1n) is 5.97. The highest BCUT2D eigenvalue weighted by Gasteiger charge is 2.02. The number of aromatic nitrogens is 2. The van der Waals surface area contributed by atoms with Gasteiger partial charge in [-0.05, 0) is 31.0 Å². The van der Waals surface area contributed by atoms with E-state index in [-0.39, 0.29) is 0 Å². The maximum atomic E-state index is 5.84. The van der Waals surface area contributed by atoms with Gasteiger partial charge in [0.2, 0.25) is 5.95 Å². The van der Waals surface area contributed by atoms with Gasteiger partial charge in [-0.1, -0.05) is 23.7 Å². The molecule has 0 saturated heterocycles. The fourth-order valence-corrected chi connectivity index (χ4v) is 1.79. The van der Waals surface area contributed by atoms with Crippen molar-refractivity contribution in [3.05, 3.63) is 46.6 Å². The summed E-state index contributed by atoms with van der Waals surface area (Å²) in [6, 6.07) is 7.82. The van der Waals surface area contributed by atoms with Crippen molar-refractivity contribution in [3.63, 3.8) is 0 Å². The van der Waals surface area contributed by atoms with E-state index >= 15 is 0 Å². The summed E-state index contributed by atoms with van der Waals surface area (Å²) >= 11 is 5.84. The van der Waals surface area contributed by atoms with E-state index in [0.29, 0.717) is 5.95 Å². The maximum Gasteiger partial charge on any atom is 0.239 e. The van der Waals surface area contributed by atoms with Gasteiger partial charge < -0.3 is 5.32 Å². The molecule has 0 saturated carbocycles. The van der Waals surface area contributed by atoms with Gasteiger partial charge in [0.15, 0.2) is 0 Å². The third-order valence-electron chi connectivity index (χ3n) is 2.72. The monoisotopic (exact) mass is 277 g/mol. The second-order valence-corrected chi connectivity index (χ2v) is 4.61. The molecule has 5 nitrogen and oxygen atoms in total. The summed E-state index contributed by atoms with van der Waals surface area (Å²) < 4.78 is 0. The molecular weight excluding hydrogens is 262 g/mol. The summed E-state index contributed by atoms with van der Waals surface area (Å²) in [5.41, 5.74) is 4.64. The Morgan fingerprint density at radius 3 is 2.68 bits per heavy atom. The lowest BCUT2D eigenvalue weighted by Crippen LogP contribution is -2.13. The molecule has 2 aromatic rings. The molecule has 0 unspecified atom stereocenters. The predicted molar refractivity (Wildman–Crippen MR) is 78.2 cm³/mol. The third-order valence-corrected chi connectivity index (χ3v) is 2.97. The van der Waals surface area contributed by atoms with Crippen molar-refractivity contribution in [1.82, 2.24) is 9.97 Å². The minimum atomic E-state index is 0.402. The van der Waals surface area contributed by atoms with Crippen molar-refractivity contribution in [2.24, 2.45) is 5.84 Å². The molecule has 1 aromatic carbocycles. The molecule has 0 atom stereocenters. The van der Waals surface area contributed by atoms with Crippen molar-refractivity contribution < 1.29 is 0 Å². The van der Waals surface area contributed by atoms with Crippen LogP contribution in [-0.2, 0) is 6.42 Å². The normalized spacial score (nSPS) is 10.3. The lowest BCUT2D eigenvalue weighted by Gasteiger charge is -2.09. The molecule has 1 heterocycles. The van der Waals surface area contributed by atoms with Gasteiger partial charge in [-0.25, -0.2) is 10.8 Å². The number of hydrogen-bond donors (Lipinski definition) is 3. The van der Waals surface area contributed by atoms with Crippen molar-refractivity contribution in [2.45, 2.75) is 13.3 Å². The number of anilines is 2. The summed E-state index contributed by atoms with van der Waals surface area (Å²) in [5.74, 6) is 6.48. The Bertz CT molecular complexity index is 541. The number of aryl methyl sites for hydroxylation is 1. The summed E-state index contributed by atoms with van der Waals surface area (Å²) in [7, 11) is 0. The van der Waals surface area contributed by atoms with Crippen molar-refractivity contribution in [1.29, 1.82) is 0 Å². The molecule has 0 bridgehead atoms. The Balaban J connectivity index is 1.93. The lowest BCUT2D eigenvalue weighted by atomic mass is 10.1. The quantitative estimate of drug-likeness (QED) is 0.578. The molecule has 1 aromatic heterocycles. The Morgan fingerprint density at radius 2 is 2.00 bits per heavy atom. The first kappa shape index (κ1) is 13.6. The molecule has 0 spiro atoms. The summed E-state index contributed by atoms with van der Waals surface area (Å²) in [5, 5.41) is 4.02. The zero-order valence-electron chi connectivity index (χ0n) is 10.7. The number of nitrogens with two attached hydrogens (primary N) is 1. The number of halogens is 1. The van der Waals surface area contributed by atoms with Crippen LogP contribution in [0.3, 0.4) is 0 Å². The van der Waals surface area contributed by atoms with Gasteiger partial charge in [-0.3, -0.25) is 5.43 Å². The number of nitrogen functional groups attached to an aromatic ring is 1. The number of nitrogens with one attached hydrogen (secondary N) is 2. The lowest BCUT2D eigenvalue weighted by molar-refractivity contribution is 0.989. The van der Waals surface area contributed by atoms with Gasteiger partial charge in [-0.15, -0.1) is 0 Å². The molecule has 19 heavy (non-hydrogen) atoms. The highest BCUT2D eigenvalue weighted by atomic mass is 35.5. The molecular formula is C13H16ClN5. The Morgan fingerprint density at radius 1 is 1.26 bits per heavy atom. The van der Waals surface area contributed by atoms with Crippen LogP contribution in [0.1, 0.15) is 11.1 Å². The van der Waals surface area contributed by atoms with E-state index in [1.165, 1.54) is 5.56 Å². The van der Waals surface area contributed by atoms with E-state index in [1.807, 2.05) is 31.2 Å². The minimum Gasteiger partial charge on any atom is -0.369 e. The highest BCUT2D eigenvalue weighted by molar-refractivity contribution is 6.30. The van der Waals surface area contributed by atoms with Crippen molar-refractivity contribution in [2.75, 3.05) is 17.3 Å². The second kappa shape index (κ2) is 6.36. The van der Waals surface area contributed by atoms with Gasteiger partial charge >= 0.3 is 0 Å². The number of hydrazine groups is 1. The van der Waals surface area contributed by atoms with E-state index < -0.39 is 0 Å². The summed E-state index contributed by atoms with van der Waals surface area (Å²) in [4.78, 5) is 8.29. The molecule has 0 aliphatic heterocycles. The molecule has 0 fully saturated rings. The standard InChI is InChI=1S/C13H16ClN5/c1-9-8-17-13(19-15)18-12(9)16-7-6-10-2-4-11(14)5-3-10/h2-5,8H,6-7,15H2,1H3,(H2,16,17,18,19). The van der Waals surface area contributed by atoms with Crippen LogP contribution in [0.5, 0.6) is 0 Å². The van der Waals surface area contributed by atoms with Crippen LogP contribution in [-0.4, -0.2) is 16.5 Å². The van der Waals surface area contributed by atoms with Gasteiger partial charge in [0.25, 0.3) is 0 Å². The first-order chi connectivity index (χ1) is 9.19. The third kappa shape index (κ3) is 3.81. The van der Waals surface area contributed by atoms with Crippen LogP contribution in [0.4, 0.5) is 11.8 Å². The predicted octanol–water partition coefficient (Wildman–Crippen LogP) is 2.38. The Hall–Kier alpha value is -1.85. The topological polar surface area (TPSA) is 75.9 Å². The molecule has 4 N–H and O–H groups in total. The van der Waals surface area contributed by atoms with E-state index in [2.05, 4.69) is 20.7 Å². The van der Waals surface area contributed by atoms with Gasteiger partial charge in [0.1, 0.15) is 5.82 Å². The van der Waals surface area contributed by atoms with Crippen LogP contribution in [0.15, 0.2) is 30.5 Å². The largest absolute Gasteiger partial charge is 0.369 e. The van der Waals surface area contributed by atoms with Crippen molar-refractivity contribution >= 4 is 23.4 Å². The van der Waals surface area contributed by atoms with E-state index in [0.717, 1.165) is 29.4 Å². The molecule has 6 heteroatoms. The average molecular weight is 278 g/mol. The van der Waals surface area contributed by atoms with E-state index in [1.54, 1.807) is 6.20 Å². The smallest absolute Gasteiger partial charge is 0.239 e.